The molecule has 3 rings (SSSR count). The Bertz CT molecular complexity index is 770. The Morgan fingerprint density at radius 3 is 2.58 bits per heavy atom. The Kier molecular flexibility index (Phi) is 5.13. The summed E-state index contributed by atoms with van der Waals surface area (Å²) in [5.74, 6) is -1.77. The summed E-state index contributed by atoms with van der Waals surface area (Å²) in [6.07, 6.45) is 2.84. The van der Waals surface area contributed by atoms with Crippen LogP contribution in [-0.2, 0) is 30.4 Å². The number of hydrogen-bond acceptors (Lipinski definition) is 6. The molecule has 2 aliphatic rings. The van der Waals surface area contributed by atoms with E-state index in [9.17, 15) is 24.3 Å². The van der Waals surface area contributed by atoms with E-state index in [-0.39, 0.29) is 31.1 Å². The molecule has 1 saturated heterocycles. The second kappa shape index (κ2) is 7.49. The van der Waals surface area contributed by atoms with Crippen molar-refractivity contribution in [3.63, 3.8) is 0 Å². The average Bonchev–Trinajstić information content (AvgIpc) is 3.11. The molecule has 3 amide bonds. The number of carbonyl (C=O) groups is 4. The van der Waals surface area contributed by atoms with Crippen molar-refractivity contribution >= 4 is 29.4 Å². The third-order valence-corrected chi connectivity index (χ3v) is 4.16. The Balaban J connectivity index is 1.51. The first-order valence-electron chi connectivity index (χ1n) is 8.31. The molecule has 1 aromatic carbocycles. The molecule has 0 aliphatic carbocycles. The summed E-state index contributed by atoms with van der Waals surface area (Å²) >= 11 is 0. The van der Waals surface area contributed by atoms with Gasteiger partial charge < -0.3 is 9.94 Å². The maximum absolute atomic E-state index is 11.8. The van der Waals surface area contributed by atoms with E-state index in [0.29, 0.717) is 18.5 Å². The highest BCUT2D eigenvalue weighted by atomic mass is 16.7. The highest BCUT2D eigenvalue weighted by Gasteiger charge is 2.32. The van der Waals surface area contributed by atoms with Crippen molar-refractivity contribution < 1.29 is 29.1 Å². The fourth-order valence-electron chi connectivity index (χ4n) is 2.86. The Labute approximate surface area is 149 Å². The first-order chi connectivity index (χ1) is 12.5. The van der Waals surface area contributed by atoms with Crippen LogP contribution in [0.5, 0.6) is 0 Å². The van der Waals surface area contributed by atoms with E-state index < -0.39 is 18.1 Å². The predicted molar refractivity (Wildman–Crippen MR) is 89.2 cm³/mol. The number of aryl methyl sites for hydroxylation is 1. The molecule has 2 heterocycles. The minimum absolute atomic E-state index is 0.0733. The SMILES string of the molecule is O=C(CCCc1cccc(N2C(=O)C=CC2=O)c1)ON1C(=O)CCC1O. The van der Waals surface area contributed by atoms with Gasteiger partial charge in [0.15, 0.2) is 6.23 Å². The lowest BCUT2D eigenvalue weighted by molar-refractivity contribution is -0.220. The van der Waals surface area contributed by atoms with Gasteiger partial charge in [0.25, 0.3) is 17.7 Å². The first-order valence-corrected chi connectivity index (χ1v) is 8.31. The number of aliphatic hydroxyl groups excluding tert-OH is 1. The number of amides is 3. The van der Waals surface area contributed by atoms with Crippen molar-refractivity contribution in [2.75, 3.05) is 4.90 Å². The molecule has 1 aromatic rings. The van der Waals surface area contributed by atoms with E-state index in [1.54, 1.807) is 18.2 Å². The molecule has 1 atom stereocenters. The van der Waals surface area contributed by atoms with Crippen molar-refractivity contribution in [2.24, 2.45) is 0 Å². The van der Waals surface area contributed by atoms with Crippen molar-refractivity contribution in [2.45, 2.75) is 38.3 Å². The van der Waals surface area contributed by atoms with Crippen LogP contribution in [0.4, 0.5) is 5.69 Å². The third kappa shape index (κ3) is 3.80. The molecule has 0 saturated carbocycles. The van der Waals surface area contributed by atoms with Crippen molar-refractivity contribution in [1.29, 1.82) is 0 Å². The van der Waals surface area contributed by atoms with E-state index in [1.807, 2.05) is 6.07 Å². The predicted octanol–water partition coefficient (Wildman–Crippen LogP) is 0.838. The minimum atomic E-state index is -1.08. The van der Waals surface area contributed by atoms with Gasteiger partial charge in [-0.3, -0.25) is 14.4 Å². The summed E-state index contributed by atoms with van der Waals surface area (Å²) in [7, 11) is 0. The summed E-state index contributed by atoms with van der Waals surface area (Å²) in [5.41, 5.74) is 1.34. The number of rotatable bonds is 6. The largest absolute Gasteiger partial charge is 0.370 e. The van der Waals surface area contributed by atoms with Crippen LogP contribution in [-0.4, -0.2) is 40.1 Å². The lowest BCUT2D eigenvalue weighted by Crippen LogP contribution is -2.35. The number of nitrogens with zero attached hydrogens (tertiary/aromatic N) is 2. The molecule has 0 aromatic heterocycles. The van der Waals surface area contributed by atoms with Gasteiger partial charge in [-0.05, 0) is 30.5 Å². The van der Waals surface area contributed by atoms with Gasteiger partial charge in [-0.1, -0.05) is 12.1 Å². The molecule has 1 fully saturated rings. The zero-order valence-corrected chi connectivity index (χ0v) is 14.0. The van der Waals surface area contributed by atoms with E-state index in [0.717, 1.165) is 15.5 Å². The van der Waals surface area contributed by atoms with Crippen LogP contribution in [0.15, 0.2) is 36.4 Å². The van der Waals surface area contributed by atoms with Gasteiger partial charge in [-0.15, -0.1) is 5.06 Å². The van der Waals surface area contributed by atoms with Crippen LogP contribution >= 0.6 is 0 Å². The highest BCUT2D eigenvalue weighted by Crippen LogP contribution is 2.21. The lowest BCUT2D eigenvalue weighted by atomic mass is 10.1. The van der Waals surface area contributed by atoms with Gasteiger partial charge in [0.05, 0.1) is 5.69 Å². The second-order valence-electron chi connectivity index (χ2n) is 6.07. The lowest BCUT2D eigenvalue weighted by Gasteiger charge is -2.18. The van der Waals surface area contributed by atoms with Gasteiger partial charge in [0.1, 0.15) is 0 Å². The standard InChI is InChI=1S/C18H18N2O6/c21-14-7-8-15(22)19(14)13-5-1-3-12(11-13)4-2-6-18(25)26-20-16(23)9-10-17(20)24/h1,3,5,7-8,11,16,23H,2,4,6,9-10H2. The van der Waals surface area contributed by atoms with E-state index >= 15 is 0 Å². The molecule has 1 N–H and O–H groups in total. The molecular weight excluding hydrogens is 340 g/mol. The fourth-order valence-corrected chi connectivity index (χ4v) is 2.86. The smallest absolute Gasteiger partial charge is 0.332 e. The van der Waals surface area contributed by atoms with Crippen LogP contribution in [0, 0.1) is 0 Å². The highest BCUT2D eigenvalue weighted by molar-refractivity contribution is 6.28. The zero-order chi connectivity index (χ0) is 18.7. The van der Waals surface area contributed by atoms with Crippen molar-refractivity contribution in [3.05, 3.63) is 42.0 Å². The van der Waals surface area contributed by atoms with E-state index in [1.165, 1.54) is 12.2 Å². The average molecular weight is 358 g/mol. The Hall–Kier alpha value is -3.00. The number of hydroxylamine groups is 2. The van der Waals surface area contributed by atoms with Gasteiger partial charge in [-0.25, -0.2) is 9.69 Å². The van der Waals surface area contributed by atoms with Gasteiger partial charge >= 0.3 is 5.97 Å². The molecule has 1 unspecified atom stereocenters. The summed E-state index contributed by atoms with van der Waals surface area (Å²) in [5, 5.41) is 10.3. The second-order valence-corrected chi connectivity index (χ2v) is 6.07. The molecule has 8 nitrogen and oxygen atoms in total. The maximum Gasteiger partial charge on any atom is 0.332 e. The molecule has 136 valence electrons. The normalized spacial score (nSPS) is 19.6. The van der Waals surface area contributed by atoms with Gasteiger partial charge in [0, 0.05) is 31.4 Å². The third-order valence-electron chi connectivity index (χ3n) is 4.16. The topological polar surface area (TPSA) is 104 Å². The number of hydrogen-bond donors (Lipinski definition) is 1. The molecular formula is C18H18N2O6. The van der Waals surface area contributed by atoms with Crippen molar-refractivity contribution in [3.8, 4) is 0 Å². The monoisotopic (exact) mass is 358 g/mol. The Morgan fingerprint density at radius 1 is 1.19 bits per heavy atom. The molecule has 26 heavy (non-hydrogen) atoms. The number of carbonyl (C=O) groups excluding carboxylic acids is 4. The molecule has 8 heteroatoms. The maximum atomic E-state index is 11.8. The van der Waals surface area contributed by atoms with E-state index in [2.05, 4.69) is 0 Å². The molecule has 0 spiro atoms. The summed E-state index contributed by atoms with van der Waals surface area (Å²) in [6, 6.07) is 6.96. The van der Waals surface area contributed by atoms with Crippen molar-refractivity contribution in [1.82, 2.24) is 5.06 Å². The van der Waals surface area contributed by atoms with Gasteiger partial charge in [-0.2, -0.15) is 0 Å². The van der Waals surface area contributed by atoms with Gasteiger partial charge in [0.2, 0.25) is 0 Å². The van der Waals surface area contributed by atoms with Crippen LogP contribution < -0.4 is 4.90 Å². The number of anilines is 1. The molecule has 0 radical (unpaired) electrons. The quantitative estimate of drug-likeness (QED) is 0.756. The first kappa shape index (κ1) is 17.8. The molecule has 2 aliphatic heterocycles. The summed E-state index contributed by atoms with van der Waals surface area (Å²) in [6.45, 7) is 0. The molecule has 0 bridgehead atoms. The zero-order valence-electron chi connectivity index (χ0n) is 14.0. The number of benzene rings is 1. The Morgan fingerprint density at radius 2 is 1.92 bits per heavy atom. The van der Waals surface area contributed by atoms with Crippen LogP contribution in [0.1, 0.15) is 31.2 Å². The minimum Gasteiger partial charge on any atom is -0.370 e. The summed E-state index contributed by atoms with van der Waals surface area (Å²) < 4.78 is 0. The number of imide groups is 1. The fraction of sp³-hybridized carbons (Fsp3) is 0.333. The van der Waals surface area contributed by atoms with Crippen LogP contribution in [0.2, 0.25) is 0 Å². The summed E-state index contributed by atoms with van der Waals surface area (Å²) in [4.78, 5) is 52.7. The van der Waals surface area contributed by atoms with Crippen LogP contribution in [0.25, 0.3) is 0 Å². The van der Waals surface area contributed by atoms with E-state index in [4.69, 9.17) is 4.84 Å². The van der Waals surface area contributed by atoms with Crippen LogP contribution in [0.3, 0.4) is 0 Å². The number of aliphatic hydroxyl groups is 1.